The van der Waals surface area contributed by atoms with Crippen molar-refractivity contribution in [2.45, 2.75) is 91.1 Å². The number of hydrogen-bond donors (Lipinski definition) is 1. The van der Waals surface area contributed by atoms with Crippen LogP contribution in [-0.2, 0) is 0 Å². The van der Waals surface area contributed by atoms with Crippen LogP contribution < -0.4 is 0 Å². The smallest absolute Gasteiger partial charge is 0.0653 e. The van der Waals surface area contributed by atoms with E-state index < -0.39 is 0 Å². The highest BCUT2D eigenvalue weighted by Gasteiger charge is 2.65. The van der Waals surface area contributed by atoms with E-state index in [4.69, 9.17) is 0 Å². The molecule has 4 saturated carbocycles. The van der Waals surface area contributed by atoms with E-state index in [1.807, 2.05) is 0 Å². The van der Waals surface area contributed by atoms with Crippen LogP contribution in [0.1, 0.15) is 85.5 Å². The van der Waals surface area contributed by atoms with Crippen molar-refractivity contribution >= 4 is 0 Å². The second kappa shape index (κ2) is 4.08. The van der Waals surface area contributed by atoms with Crippen LogP contribution in [0.3, 0.4) is 0 Å². The molecule has 0 aromatic carbocycles. The standard InChI is InChI=1S/C20H34O/c1-17(2)9-5-10-18(3)15(17)8-11-20-12-14(6-7-16(18)20)19(4,21)13-20/h14-16,21H,5-13H2,1-4H3/t14-,15+,16+,18-,19-,20+/m0/s1. The summed E-state index contributed by atoms with van der Waals surface area (Å²) in [5.74, 6) is 2.38. The van der Waals surface area contributed by atoms with Gasteiger partial charge >= 0.3 is 0 Å². The van der Waals surface area contributed by atoms with Crippen LogP contribution in [0.4, 0.5) is 0 Å². The molecule has 0 unspecified atom stereocenters. The predicted molar refractivity (Wildman–Crippen MR) is 87.0 cm³/mol. The third-order valence-electron chi connectivity index (χ3n) is 8.79. The van der Waals surface area contributed by atoms with Crippen molar-refractivity contribution in [3.8, 4) is 0 Å². The molecule has 4 fully saturated rings. The summed E-state index contributed by atoms with van der Waals surface area (Å²) in [6.07, 6.45) is 12.2. The Morgan fingerprint density at radius 3 is 2.38 bits per heavy atom. The van der Waals surface area contributed by atoms with E-state index in [0.717, 1.165) is 18.3 Å². The third kappa shape index (κ3) is 1.79. The van der Waals surface area contributed by atoms with Crippen LogP contribution in [0.25, 0.3) is 0 Å². The van der Waals surface area contributed by atoms with Crippen molar-refractivity contribution in [3.63, 3.8) is 0 Å². The van der Waals surface area contributed by atoms with Crippen LogP contribution in [0, 0.1) is 34.0 Å². The molecule has 1 nitrogen and oxygen atoms in total. The second-order valence-electron chi connectivity index (χ2n) is 10.4. The number of aliphatic hydroxyl groups is 1. The zero-order valence-corrected chi connectivity index (χ0v) is 14.5. The molecule has 21 heavy (non-hydrogen) atoms. The first kappa shape index (κ1) is 14.5. The molecule has 2 bridgehead atoms. The average Bonchev–Trinajstić information content (AvgIpc) is 2.53. The van der Waals surface area contributed by atoms with Gasteiger partial charge in [-0.15, -0.1) is 0 Å². The van der Waals surface area contributed by atoms with E-state index in [9.17, 15) is 5.11 Å². The van der Waals surface area contributed by atoms with Crippen LogP contribution in [0.2, 0.25) is 0 Å². The van der Waals surface area contributed by atoms with E-state index in [1.54, 1.807) is 0 Å². The molecule has 4 aliphatic rings. The Kier molecular flexibility index (Phi) is 2.82. The molecule has 6 atom stereocenters. The Balaban J connectivity index is 1.73. The zero-order chi connectivity index (χ0) is 15.1. The van der Waals surface area contributed by atoms with E-state index in [1.165, 1.54) is 51.4 Å². The Hall–Kier alpha value is -0.0400. The van der Waals surface area contributed by atoms with E-state index in [2.05, 4.69) is 27.7 Å². The normalized spacial score (nSPS) is 58.4. The Morgan fingerprint density at radius 2 is 1.62 bits per heavy atom. The lowest BCUT2D eigenvalue weighted by Crippen LogP contribution is -2.55. The number of rotatable bonds is 0. The Labute approximate surface area is 130 Å². The van der Waals surface area contributed by atoms with Gasteiger partial charge in [-0.25, -0.2) is 0 Å². The van der Waals surface area contributed by atoms with Crippen molar-refractivity contribution in [3.05, 3.63) is 0 Å². The first-order valence-electron chi connectivity index (χ1n) is 9.42. The van der Waals surface area contributed by atoms with Crippen LogP contribution in [0.15, 0.2) is 0 Å². The van der Waals surface area contributed by atoms with Gasteiger partial charge in [-0.05, 0) is 92.3 Å². The molecule has 1 N–H and O–H groups in total. The van der Waals surface area contributed by atoms with Crippen LogP contribution in [0.5, 0.6) is 0 Å². The van der Waals surface area contributed by atoms with Gasteiger partial charge in [0.2, 0.25) is 0 Å². The number of fused-ring (bicyclic) bond motifs is 3. The van der Waals surface area contributed by atoms with Crippen molar-refractivity contribution < 1.29 is 5.11 Å². The third-order valence-corrected chi connectivity index (χ3v) is 8.79. The Morgan fingerprint density at radius 1 is 0.857 bits per heavy atom. The van der Waals surface area contributed by atoms with Gasteiger partial charge in [0, 0.05) is 0 Å². The molecule has 0 saturated heterocycles. The predicted octanol–water partition coefficient (Wildman–Crippen LogP) is 5.17. The van der Waals surface area contributed by atoms with Gasteiger partial charge in [0.25, 0.3) is 0 Å². The highest BCUT2D eigenvalue weighted by Crippen LogP contribution is 2.72. The molecule has 0 radical (unpaired) electrons. The molecule has 0 aromatic heterocycles. The van der Waals surface area contributed by atoms with Crippen LogP contribution >= 0.6 is 0 Å². The summed E-state index contributed by atoms with van der Waals surface area (Å²) in [5.41, 5.74) is 1.20. The van der Waals surface area contributed by atoms with E-state index in [0.29, 0.717) is 22.2 Å². The van der Waals surface area contributed by atoms with Crippen molar-refractivity contribution in [2.75, 3.05) is 0 Å². The summed E-state index contributed by atoms with van der Waals surface area (Å²) in [6, 6.07) is 0. The summed E-state index contributed by atoms with van der Waals surface area (Å²) < 4.78 is 0. The van der Waals surface area contributed by atoms with Crippen molar-refractivity contribution in [1.82, 2.24) is 0 Å². The maximum absolute atomic E-state index is 10.9. The molecule has 0 amide bonds. The molecule has 0 aromatic rings. The minimum atomic E-state index is -0.373. The van der Waals surface area contributed by atoms with Gasteiger partial charge in [-0.2, -0.15) is 0 Å². The second-order valence-corrected chi connectivity index (χ2v) is 10.4. The molecular formula is C20H34O. The van der Waals surface area contributed by atoms with Gasteiger partial charge in [0.15, 0.2) is 0 Å². The minimum absolute atomic E-state index is 0.373. The van der Waals surface area contributed by atoms with Crippen molar-refractivity contribution in [2.24, 2.45) is 34.0 Å². The molecule has 0 heterocycles. The average molecular weight is 290 g/mol. The fraction of sp³-hybridized carbons (Fsp3) is 1.00. The lowest BCUT2D eigenvalue weighted by Gasteiger charge is -2.64. The molecule has 120 valence electrons. The van der Waals surface area contributed by atoms with Gasteiger partial charge in [-0.1, -0.05) is 27.2 Å². The summed E-state index contributed by atoms with van der Waals surface area (Å²) >= 11 is 0. The monoisotopic (exact) mass is 290 g/mol. The SMILES string of the molecule is CC1(C)CCC[C@@]2(C)[C@@H]1CC[C@]13C[C@H](CC[C@@H]12)[C@@](C)(O)C3. The highest BCUT2D eigenvalue weighted by atomic mass is 16.3. The molecule has 1 heteroatoms. The quantitative estimate of drug-likeness (QED) is 0.652. The maximum Gasteiger partial charge on any atom is 0.0653 e. The van der Waals surface area contributed by atoms with E-state index in [-0.39, 0.29) is 5.60 Å². The topological polar surface area (TPSA) is 20.2 Å². The van der Waals surface area contributed by atoms with Gasteiger partial charge in [0.05, 0.1) is 5.60 Å². The fourth-order valence-corrected chi connectivity index (χ4v) is 8.12. The molecule has 4 rings (SSSR count). The lowest BCUT2D eigenvalue weighted by atomic mass is 9.41. The first-order chi connectivity index (χ1) is 9.70. The van der Waals surface area contributed by atoms with Crippen molar-refractivity contribution in [1.29, 1.82) is 0 Å². The molecule has 0 aliphatic heterocycles. The summed E-state index contributed by atoms with van der Waals surface area (Å²) in [6.45, 7) is 9.83. The van der Waals surface area contributed by atoms with E-state index >= 15 is 0 Å². The first-order valence-corrected chi connectivity index (χ1v) is 9.42. The van der Waals surface area contributed by atoms with Gasteiger partial charge in [-0.3, -0.25) is 0 Å². The summed E-state index contributed by atoms with van der Waals surface area (Å²) in [4.78, 5) is 0. The minimum Gasteiger partial charge on any atom is -0.390 e. The van der Waals surface area contributed by atoms with Gasteiger partial charge < -0.3 is 5.11 Å². The number of hydrogen-bond acceptors (Lipinski definition) is 1. The largest absolute Gasteiger partial charge is 0.390 e. The lowest BCUT2D eigenvalue weighted by molar-refractivity contribution is -0.145. The zero-order valence-electron chi connectivity index (χ0n) is 14.5. The molecule has 4 aliphatic carbocycles. The molecular weight excluding hydrogens is 256 g/mol. The Bertz CT molecular complexity index is 451. The highest BCUT2D eigenvalue weighted by molar-refractivity contribution is 5.15. The maximum atomic E-state index is 10.9. The summed E-state index contributed by atoms with van der Waals surface area (Å²) in [7, 11) is 0. The summed E-state index contributed by atoms with van der Waals surface area (Å²) in [5, 5.41) is 10.9. The fourth-order valence-electron chi connectivity index (χ4n) is 8.12. The van der Waals surface area contributed by atoms with Gasteiger partial charge in [0.1, 0.15) is 0 Å². The van der Waals surface area contributed by atoms with Crippen LogP contribution in [-0.4, -0.2) is 10.7 Å². The molecule has 1 spiro atoms.